The van der Waals surface area contributed by atoms with Crippen LogP contribution in [0.4, 0.5) is 0 Å². The Kier molecular flexibility index (Phi) is 6.43. The van der Waals surface area contributed by atoms with Crippen LogP contribution in [0.3, 0.4) is 0 Å². The third-order valence-electron chi connectivity index (χ3n) is 8.76. The standard InChI is InChI=1S/C43H27N3O/c1-3-10-28(11-4-1)30-18-22-33(23-19-30)41-44-42(34-24-20-31(21-25-34)29-12-5-2-6-13-29)46-43(45-41)36-16-9-17-37-40(36)39-35-15-8-7-14-32(35)26-27-38(39)47-37/h1-27H. The van der Waals surface area contributed by atoms with E-state index in [9.17, 15) is 0 Å². The predicted molar refractivity (Wildman–Crippen MR) is 192 cm³/mol. The summed E-state index contributed by atoms with van der Waals surface area (Å²) in [5, 5.41) is 4.36. The molecule has 9 aromatic rings. The molecule has 7 aromatic carbocycles. The van der Waals surface area contributed by atoms with Gasteiger partial charge >= 0.3 is 0 Å². The highest BCUT2D eigenvalue weighted by Crippen LogP contribution is 2.40. The van der Waals surface area contributed by atoms with Gasteiger partial charge in [-0.3, -0.25) is 0 Å². The molecule has 0 spiro atoms. The molecule has 0 aliphatic carbocycles. The minimum absolute atomic E-state index is 0.602. The SMILES string of the molecule is c1ccc(-c2ccc(-c3nc(-c4ccc(-c5ccccc5)cc4)nc(-c4cccc5oc6ccc7ccccc7c6c45)n3)cc2)cc1. The number of hydrogen-bond acceptors (Lipinski definition) is 4. The number of furan rings is 1. The van der Waals surface area contributed by atoms with Gasteiger partial charge in [0, 0.05) is 27.5 Å². The minimum Gasteiger partial charge on any atom is -0.456 e. The van der Waals surface area contributed by atoms with Crippen molar-refractivity contribution in [2.45, 2.75) is 0 Å². The van der Waals surface area contributed by atoms with E-state index in [1.165, 1.54) is 11.1 Å². The molecule has 0 radical (unpaired) electrons. The van der Waals surface area contributed by atoms with Gasteiger partial charge in [0.1, 0.15) is 11.2 Å². The summed E-state index contributed by atoms with van der Waals surface area (Å²) in [7, 11) is 0. The van der Waals surface area contributed by atoms with E-state index in [1.54, 1.807) is 0 Å². The summed E-state index contributed by atoms with van der Waals surface area (Å²) in [6.07, 6.45) is 0. The summed E-state index contributed by atoms with van der Waals surface area (Å²) >= 11 is 0. The maximum atomic E-state index is 6.39. The molecule has 0 unspecified atom stereocenters. The number of aromatic nitrogens is 3. The number of rotatable bonds is 5. The zero-order valence-electron chi connectivity index (χ0n) is 25.3. The predicted octanol–water partition coefficient (Wildman–Crippen LogP) is 11.3. The first-order chi connectivity index (χ1) is 23.3. The molecule has 0 atom stereocenters. The zero-order valence-corrected chi connectivity index (χ0v) is 25.3. The average Bonchev–Trinajstić information content (AvgIpc) is 3.55. The minimum atomic E-state index is 0.602. The van der Waals surface area contributed by atoms with E-state index in [-0.39, 0.29) is 0 Å². The van der Waals surface area contributed by atoms with E-state index >= 15 is 0 Å². The molecule has 0 N–H and O–H groups in total. The van der Waals surface area contributed by atoms with Crippen LogP contribution in [-0.2, 0) is 0 Å². The summed E-state index contributed by atoms with van der Waals surface area (Å²) in [5.41, 5.74) is 9.01. The highest BCUT2D eigenvalue weighted by molar-refractivity contribution is 6.22. The molecular formula is C43H27N3O. The Morgan fingerprint density at radius 3 is 1.43 bits per heavy atom. The van der Waals surface area contributed by atoms with Crippen LogP contribution in [0.25, 0.3) is 89.1 Å². The van der Waals surface area contributed by atoms with E-state index in [2.05, 4.69) is 133 Å². The first-order valence-electron chi connectivity index (χ1n) is 15.7. The third kappa shape index (κ3) is 4.84. The lowest BCUT2D eigenvalue weighted by Gasteiger charge is -2.11. The monoisotopic (exact) mass is 601 g/mol. The molecule has 0 saturated heterocycles. The summed E-state index contributed by atoms with van der Waals surface area (Å²) in [4.78, 5) is 15.3. The van der Waals surface area contributed by atoms with Crippen molar-refractivity contribution in [1.82, 2.24) is 15.0 Å². The molecular weight excluding hydrogens is 574 g/mol. The summed E-state index contributed by atoms with van der Waals surface area (Å²) < 4.78 is 6.39. The molecule has 4 heteroatoms. The molecule has 0 amide bonds. The van der Waals surface area contributed by atoms with Crippen LogP contribution < -0.4 is 0 Å². The van der Waals surface area contributed by atoms with E-state index in [0.29, 0.717) is 17.5 Å². The van der Waals surface area contributed by atoms with Crippen molar-refractivity contribution in [3.05, 3.63) is 164 Å². The number of benzene rings is 7. The lowest BCUT2D eigenvalue weighted by molar-refractivity contribution is 0.669. The van der Waals surface area contributed by atoms with Gasteiger partial charge in [-0.05, 0) is 45.2 Å². The normalized spacial score (nSPS) is 11.4. The van der Waals surface area contributed by atoms with Crippen molar-refractivity contribution in [2.75, 3.05) is 0 Å². The highest BCUT2D eigenvalue weighted by Gasteiger charge is 2.19. The van der Waals surface area contributed by atoms with E-state index < -0.39 is 0 Å². The molecule has 47 heavy (non-hydrogen) atoms. The van der Waals surface area contributed by atoms with Gasteiger partial charge in [-0.25, -0.2) is 15.0 Å². The molecule has 2 heterocycles. The molecule has 2 aromatic heterocycles. The van der Waals surface area contributed by atoms with Gasteiger partial charge in [0.25, 0.3) is 0 Å². The van der Waals surface area contributed by atoms with Crippen molar-refractivity contribution < 1.29 is 4.42 Å². The van der Waals surface area contributed by atoms with Crippen LogP contribution in [0.2, 0.25) is 0 Å². The fraction of sp³-hybridized carbons (Fsp3) is 0. The van der Waals surface area contributed by atoms with Crippen LogP contribution in [0.15, 0.2) is 168 Å². The van der Waals surface area contributed by atoms with Gasteiger partial charge in [-0.2, -0.15) is 0 Å². The quantitative estimate of drug-likeness (QED) is 0.197. The molecule has 0 fully saturated rings. The topological polar surface area (TPSA) is 51.8 Å². The third-order valence-corrected chi connectivity index (χ3v) is 8.76. The summed E-state index contributed by atoms with van der Waals surface area (Å²) in [6, 6.07) is 56.3. The Balaban J connectivity index is 1.24. The second kappa shape index (κ2) is 11.2. The van der Waals surface area contributed by atoms with Gasteiger partial charge in [-0.1, -0.05) is 152 Å². The number of nitrogens with zero attached hydrogens (tertiary/aromatic N) is 3. The van der Waals surface area contributed by atoms with Crippen molar-refractivity contribution >= 4 is 32.7 Å². The molecule has 220 valence electrons. The summed E-state index contributed by atoms with van der Waals surface area (Å²) in [5.74, 6) is 1.84. The van der Waals surface area contributed by atoms with Gasteiger partial charge < -0.3 is 4.42 Å². The maximum absolute atomic E-state index is 6.39. The molecule has 0 bridgehead atoms. The largest absolute Gasteiger partial charge is 0.456 e. The van der Waals surface area contributed by atoms with Gasteiger partial charge in [0.05, 0.1) is 0 Å². The van der Waals surface area contributed by atoms with Crippen molar-refractivity contribution in [1.29, 1.82) is 0 Å². The fourth-order valence-electron chi connectivity index (χ4n) is 6.41. The van der Waals surface area contributed by atoms with Crippen LogP contribution in [-0.4, -0.2) is 15.0 Å². The van der Waals surface area contributed by atoms with Crippen molar-refractivity contribution in [2.24, 2.45) is 0 Å². The van der Waals surface area contributed by atoms with Crippen LogP contribution in [0.1, 0.15) is 0 Å². The Hall–Kier alpha value is -6.39. The average molecular weight is 602 g/mol. The molecule has 0 aliphatic heterocycles. The van der Waals surface area contributed by atoms with Crippen LogP contribution in [0.5, 0.6) is 0 Å². The van der Waals surface area contributed by atoms with Gasteiger partial charge in [-0.15, -0.1) is 0 Å². The Bertz CT molecular complexity index is 2440. The Labute approximate surface area is 271 Å². The van der Waals surface area contributed by atoms with Crippen molar-refractivity contribution in [3.8, 4) is 56.4 Å². The number of fused-ring (bicyclic) bond motifs is 5. The first-order valence-corrected chi connectivity index (χ1v) is 15.7. The van der Waals surface area contributed by atoms with Gasteiger partial charge in [0.15, 0.2) is 17.5 Å². The van der Waals surface area contributed by atoms with Crippen LogP contribution >= 0.6 is 0 Å². The van der Waals surface area contributed by atoms with E-state index in [4.69, 9.17) is 19.4 Å². The van der Waals surface area contributed by atoms with E-state index in [0.717, 1.165) is 60.5 Å². The van der Waals surface area contributed by atoms with E-state index in [1.807, 2.05) is 30.3 Å². The Morgan fingerprint density at radius 1 is 0.319 bits per heavy atom. The Morgan fingerprint density at radius 2 is 0.809 bits per heavy atom. The van der Waals surface area contributed by atoms with Gasteiger partial charge in [0.2, 0.25) is 0 Å². The zero-order chi connectivity index (χ0) is 31.2. The number of hydrogen-bond donors (Lipinski definition) is 0. The molecule has 0 aliphatic rings. The van der Waals surface area contributed by atoms with Crippen LogP contribution in [0, 0.1) is 0 Å². The van der Waals surface area contributed by atoms with Crippen molar-refractivity contribution in [3.63, 3.8) is 0 Å². The fourth-order valence-corrected chi connectivity index (χ4v) is 6.41. The second-order valence-electron chi connectivity index (χ2n) is 11.6. The second-order valence-corrected chi connectivity index (χ2v) is 11.6. The highest BCUT2D eigenvalue weighted by atomic mass is 16.3. The summed E-state index contributed by atoms with van der Waals surface area (Å²) in [6.45, 7) is 0. The maximum Gasteiger partial charge on any atom is 0.164 e. The molecule has 9 rings (SSSR count). The lowest BCUT2D eigenvalue weighted by atomic mass is 10.00. The lowest BCUT2D eigenvalue weighted by Crippen LogP contribution is -2.00. The molecule has 0 saturated carbocycles. The molecule has 4 nitrogen and oxygen atoms in total. The first kappa shape index (κ1) is 27.0. The smallest absolute Gasteiger partial charge is 0.164 e.